The van der Waals surface area contributed by atoms with Gasteiger partial charge in [-0.1, -0.05) is 0 Å². The Bertz CT molecular complexity index is 532. The van der Waals surface area contributed by atoms with Crippen LogP contribution in [-0.2, 0) is 0 Å². The SMILES string of the molecule is O=C(O)c1ccc(-c2nncnn2)cc1F. The number of rotatable bonds is 2. The van der Waals surface area contributed by atoms with Crippen LogP contribution in [0.3, 0.4) is 0 Å². The molecule has 0 unspecified atom stereocenters. The molecule has 0 amide bonds. The van der Waals surface area contributed by atoms with Gasteiger partial charge < -0.3 is 5.11 Å². The third-order valence-electron chi connectivity index (χ3n) is 1.87. The fraction of sp³-hybridized carbons (Fsp3) is 0. The van der Waals surface area contributed by atoms with E-state index in [1.807, 2.05) is 0 Å². The van der Waals surface area contributed by atoms with E-state index in [2.05, 4.69) is 20.4 Å². The van der Waals surface area contributed by atoms with Gasteiger partial charge in [0.1, 0.15) is 5.82 Å². The normalized spacial score (nSPS) is 10.1. The number of hydrogen-bond acceptors (Lipinski definition) is 5. The molecule has 0 spiro atoms. The zero-order valence-electron chi connectivity index (χ0n) is 7.83. The molecule has 1 N–H and O–H groups in total. The Hall–Kier alpha value is -2.44. The predicted octanol–water partition coefficient (Wildman–Crippen LogP) is 0.771. The lowest BCUT2D eigenvalue weighted by atomic mass is 10.1. The standard InChI is InChI=1S/C9H5FN4O2/c10-7-3-5(1-2-6(7)9(15)16)8-13-11-4-12-14-8/h1-4H,(H,15,16). The number of carbonyl (C=O) groups is 1. The molecule has 2 rings (SSSR count). The van der Waals surface area contributed by atoms with Gasteiger partial charge >= 0.3 is 5.97 Å². The van der Waals surface area contributed by atoms with Crippen molar-refractivity contribution >= 4 is 5.97 Å². The van der Waals surface area contributed by atoms with Crippen molar-refractivity contribution in [1.29, 1.82) is 0 Å². The van der Waals surface area contributed by atoms with Crippen molar-refractivity contribution in [1.82, 2.24) is 20.4 Å². The summed E-state index contributed by atoms with van der Waals surface area (Å²) in [5.74, 6) is -2.04. The Morgan fingerprint density at radius 2 is 1.94 bits per heavy atom. The molecule has 0 fully saturated rings. The highest BCUT2D eigenvalue weighted by Crippen LogP contribution is 2.17. The average Bonchev–Trinajstić information content (AvgIpc) is 2.29. The first kappa shape index (κ1) is 10.1. The zero-order chi connectivity index (χ0) is 11.5. The number of carboxylic acids is 1. The molecule has 1 aromatic carbocycles. The van der Waals surface area contributed by atoms with E-state index in [0.717, 1.165) is 18.5 Å². The number of aromatic carboxylic acids is 1. The van der Waals surface area contributed by atoms with E-state index in [9.17, 15) is 9.18 Å². The lowest BCUT2D eigenvalue weighted by Crippen LogP contribution is -2.01. The first-order valence-electron chi connectivity index (χ1n) is 4.22. The maximum Gasteiger partial charge on any atom is 0.338 e. The maximum atomic E-state index is 13.3. The van der Waals surface area contributed by atoms with Crippen LogP contribution in [0.5, 0.6) is 0 Å². The fourth-order valence-electron chi connectivity index (χ4n) is 1.15. The summed E-state index contributed by atoms with van der Waals surface area (Å²) in [6.07, 6.45) is 1.14. The van der Waals surface area contributed by atoms with Crippen LogP contribution in [0.2, 0.25) is 0 Å². The number of carboxylic acid groups (broad SMARTS) is 1. The minimum Gasteiger partial charge on any atom is -0.478 e. The Labute approximate surface area is 88.8 Å². The van der Waals surface area contributed by atoms with Crippen LogP contribution in [0.15, 0.2) is 24.5 Å². The third-order valence-corrected chi connectivity index (χ3v) is 1.87. The van der Waals surface area contributed by atoms with Gasteiger partial charge in [0, 0.05) is 5.56 Å². The highest BCUT2D eigenvalue weighted by molar-refractivity contribution is 5.88. The maximum absolute atomic E-state index is 13.3. The number of hydrogen-bond donors (Lipinski definition) is 1. The molecular formula is C9H5FN4O2. The summed E-state index contributed by atoms with van der Waals surface area (Å²) in [4.78, 5) is 10.6. The molecule has 0 aliphatic heterocycles. The van der Waals surface area contributed by atoms with E-state index in [0.29, 0.717) is 5.56 Å². The van der Waals surface area contributed by atoms with Gasteiger partial charge in [-0.2, -0.15) is 0 Å². The second-order valence-corrected chi connectivity index (χ2v) is 2.87. The van der Waals surface area contributed by atoms with Gasteiger partial charge in [0.15, 0.2) is 6.33 Å². The van der Waals surface area contributed by atoms with Crippen LogP contribution >= 0.6 is 0 Å². The van der Waals surface area contributed by atoms with Crippen molar-refractivity contribution in [2.24, 2.45) is 0 Å². The van der Waals surface area contributed by atoms with E-state index in [4.69, 9.17) is 5.11 Å². The van der Waals surface area contributed by atoms with Crippen molar-refractivity contribution in [3.8, 4) is 11.4 Å². The van der Waals surface area contributed by atoms with Gasteiger partial charge in [-0.15, -0.1) is 20.4 Å². The average molecular weight is 220 g/mol. The molecule has 0 bridgehead atoms. The summed E-state index contributed by atoms with van der Waals surface area (Å²) >= 11 is 0. The summed E-state index contributed by atoms with van der Waals surface area (Å²) in [7, 11) is 0. The van der Waals surface area contributed by atoms with Crippen molar-refractivity contribution < 1.29 is 14.3 Å². The topological polar surface area (TPSA) is 88.9 Å². The van der Waals surface area contributed by atoms with E-state index >= 15 is 0 Å². The minimum atomic E-state index is -1.32. The summed E-state index contributed by atoms with van der Waals surface area (Å²) in [6.45, 7) is 0. The van der Waals surface area contributed by atoms with Gasteiger partial charge in [-0.3, -0.25) is 0 Å². The molecule has 0 aliphatic rings. The van der Waals surface area contributed by atoms with Gasteiger partial charge in [-0.25, -0.2) is 9.18 Å². The molecule has 0 saturated carbocycles. The van der Waals surface area contributed by atoms with E-state index < -0.39 is 17.3 Å². The molecule has 7 heteroatoms. The molecule has 2 aromatic rings. The van der Waals surface area contributed by atoms with Gasteiger partial charge in [-0.05, 0) is 18.2 Å². The van der Waals surface area contributed by atoms with Crippen molar-refractivity contribution in [2.45, 2.75) is 0 Å². The van der Waals surface area contributed by atoms with Crippen LogP contribution in [-0.4, -0.2) is 31.5 Å². The number of nitrogens with zero attached hydrogens (tertiary/aromatic N) is 4. The summed E-state index contributed by atoms with van der Waals surface area (Å²) < 4.78 is 13.3. The quantitative estimate of drug-likeness (QED) is 0.804. The molecule has 6 nitrogen and oxygen atoms in total. The van der Waals surface area contributed by atoms with Crippen LogP contribution in [0.4, 0.5) is 4.39 Å². The first-order chi connectivity index (χ1) is 7.68. The van der Waals surface area contributed by atoms with Crippen LogP contribution < -0.4 is 0 Å². The lowest BCUT2D eigenvalue weighted by Gasteiger charge is -2.00. The van der Waals surface area contributed by atoms with Crippen molar-refractivity contribution in [3.05, 3.63) is 35.9 Å². The molecule has 0 atom stereocenters. The van der Waals surface area contributed by atoms with Crippen molar-refractivity contribution in [2.75, 3.05) is 0 Å². The van der Waals surface area contributed by atoms with Gasteiger partial charge in [0.05, 0.1) is 5.56 Å². The lowest BCUT2D eigenvalue weighted by molar-refractivity contribution is 0.0692. The Kier molecular flexibility index (Phi) is 2.50. The summed E-state index contributed by atoms with van der Waals surface area (Å²) in [6, 6.07) is 3.57. The molecule has 0 aliphatic carbocycles. The smallest absolute Gasteiger partial charge is 0.338 e. The molecule has 1 aromatic heterocycles. The summed E-state index contributed by atoms with van der Waals surface area (Å²) in [5, 5.41) is 22.9. The highest BCUT2D eigenvalue weighted by atomic mass is 19.1. The van der Waals surface area contributed by atoms with E-state index in [-0.39, 0.29) is 5.82 Å². The summed E-state index contributed by atoms with van der Waals surface area (Å²) in [5.41, 5.74) is -0.0799. The molecule has 80 valence electrons. The van der Waals surface area contributed by atoms with Crippen molar-refractivity contribution in [3.63, 3.8) is 0 Å². The molecule has 1 heterocycles. The second-order valence-electron chi connectivity index (χ2n) is 2.87. The molecule has 0 saturated heterocycles. The second kappa shape index (κ2) is 3.97. The van der Waals surface area contributed by atoms with Gasteiger partial charge in [0.25, 0.3) is 0 Å². The first-order valence-corrected chi connectivity index (χ1v) is 4.22. The highest BCUT2D eigenvalue weighted by Gasteiger charge is 2.12. The number of halogens is 1. The fourth-order valence-corrected chi connectivity index (χ4v) is 1.15. The zero-order valence-corrected chi connectivity index (χ0v) is 7.83. The Morgan fingerprint density at radius 1 is 1.25 bits per heavy atom. The minimum absolute atomic E-state index is 0.137. The van der Waals surface area contributed by atoms with Crippen LogP contribution in [0.25, 0.3) is 11.4 Å². The predicted molar refractivity (Wildman–Crippen MR) is 50.0 cm³/mol. The number of aromatic nitrogens is 4. The van der Waals surface area contributed by atoms with Gasteiger partial charge in [0.2, 0.25) is 5.82 Å². The van der Waals surface area contributed by atoms with E-state index in [1.54, 1.807) is 0 Å². The Morgan fingerprint density at radius 3 is 2.50 bits per heavy atom. The largest absolute Gasteiger partial charge is 0.478 e. The molecule has 16 heavy (non-hydrogen) atoms. The number of benzene rings is 1. The Balaban J connectivity index is 2.46. The van der Waals surface area contributed by atoms with Crippen LogP contribution in [0.1, 0.15) is 10.4 Å². The monoisotopic (exact) mass is 220 g/mol. The van der Waals surface area contributed by atoms with Crippen LogP contribution in [0, 0.1) is 5.82 Å². The molecular weight excluding hydrogens is 215 g/mol. The third kappa shape index (κ3) is 1.83. The van der Waals surface area contributed by atoms with E-state index in [1.165, 1.54) is 6.07 Å². The molecule has 0 radical (unpaired) electrons.